The molecule has 1 aromatic heterocycles. The lowest BCUT2D eigenvalue weighted by atomic mass is 10.2. The van der Waals surface area contributed by atoms with Gasteiger partial charge in [0, 0.05) is 11.6 Å². The molecule has 0 atom stereocenters. The number of ether oxygens (including phenoxy) is 2. The second-order valence-electron chi connectivity index (χ2n) is 3.90. The van der Waals surface area contributed by atoms with Crippen LogP contribution in [0, 0.1) is 5.41 Å². The molecule has 2 aromatic rings. The van der Waals surface area contributed by atoms with Crippen molar-refractivity contribution in [1.82, 2.24) is 4.98 Å². The Morgan fingerprint density at radius 3 is 2.79 bits per heavy atom. The number of hydrogen-bond donors (Lipinski definition) is 2. The van der Waals surface area contributed by atoms with E-state index in [4.69, 9.17) is 20.6 Å². The van der Waals surface area contributed by atoms with E-state index in [2.05, 4.69) is 4.98 Å². The van der Waals surface area contributed by atoms with Crippen LogP contribution in [0.3, 0.4) is 0 Å². The molecule has 1 aromatic carbocycles. The zero-order valence-electron chi connectivity index (χ0n) is 10.6. The number of methoxy groups -OCH3 is 1. The summed E-state index contributed by atoms with van der Waals surface area (Å²) in [4.78, 5) is 4.25. The number of pyridine rings is 1. The molecule has 2 rings (SSSR count). The van der Waals surface area contributed by atoms with Crippen molar-refractivity contribution in [2.75, 3.05) is 7.11 Å². The van der Waals surface area contributed by atoms with Crippen molar-refractivity contribution in [3.63, 3.8) is 0 Å². The van der Waals surface area contributed by atoms with E-state index in [1.54, 1.807) is 31.4 Å². The van der Waals surface area contributed by atoms with Crippen molar-refractivity contribution in [3.05, 3.63) is 53.7 Å². The maximum atomic E-state index is 7.37. The summed E-state index contributed by atoms with van der Waals surface area (Å²) in [5.74, 6) is 1.22. The van der Waals surface area contributed by atoms with Gasteiger partial charge in [-0.05, 0) is 18.2 Å². The second kappa shape index (κ2) is 5.86. The molecule has 0 aliphatic rings. The molecular formula is C14H15N3O2. The molecule has 98 valence electrons. The third-order valence-corrected chi connectivity index (χ3v) is 2.52. The van der Waals surface area contributed by atoms with Crippen LogP contribution in [0.4, 0.5) is 0 Å². The Labute approximate surface area is 111 Å². The average Bonchev–Trinajstić information content (AvgIpc) is 2.45. The van der Waals surface area contributed by atoms with Gasteiger partial charge in [0.1, 0.15) is 18.2 Å². The van der Waals surface area contributed by atoms with Gasteiger partial charge in [-0.2, -0.15) is 0 Å². The van der Waals surface area contributed by atoms with Crippen molar-refractivity contribution >= 4 is 5.84 Å². The lowest BCUT2D eigenvalue weighted by Gasteiger charge is -2.08. The summed E-state index contributed by atoms with van der Waals surface area (Å²) < 4.78 is 10.7. The smallest absolute Gasteiger partial charge is 0.213 e. The van der Waals surface area contributed by atoms with E-state index in [0.29, 0.717) is 23.8 Å². The average molecular weight is 257 g/mol. The molecule has 3 N–H and O–H groups in total. The highest BCUT2D eigenvalue weighted by atomic mass is 16.5. The highest BCUT2D eigenvalue weighted by molar-refractivity contribution is 5.95. The number of nitrogen functional groups attached to an aromatic ring is 1. The molecule has 0 aliphatic heterocycles. The summed E-state index contributed by atoms with van der Waals surface area (Å²) >= 11 is 0. The third-order valence-electron chi connectivity index (χ3n) is 2.52. The van der Waals surface area contributed by atoms with E-state index in [1.807, 2.05) is 18.2 Å². The molecular weight excluding hydrogens is 242 g/mol. The lowest BCUT2D eigenvalue weighted by Crippen LogP contribution is -2.10. The quantitative estimate of drug-likeness (QED) is 0.633. The molecule has 0 fully saturated rings. The summed E-state index contributed by atoms with van der Waals surface area (Å²) in [5.41, 5.74) is 6.83. The van der Waals surface area contributed by atoms with Crippen LogP contribution >= 0.6 is 0 Å². The number of nitrogens with zero attached hydrogens (tertiary/aromatic N) is 1. The molecule has 0 radical (unpaired) electrons. The van der Waals surface area contributed by atoms with E-state index in [1.165, 1.54) is 0 Å². The van der Waals surface area contributed by atoms with Crippen molar-refractivity contribution in [2.24, 2.45) is 5.73 Å². The normalized spacial score (nSPS) is 9.95. The zero-order valence-corrected chi connectivity index (χ0v) is 10.6. The predicted octanol–water partition coefficient (Wildman–Crippen LogP) is 1.95. The van der Waals surface area contributed by atoms with Gasteiger partial charge in [-0.3, -0.25) is 5.41 Å². The van der Waals surface area contributed by atoms with Crippen molar-refractivity contribution in [1.29, 1.82) is 5.41 Å². The second-order valence-corrected chi connectivity index (χ2v) is 3.90. The number of rotatable bonds is 5. The van der Waals surface area contributed by atoms with E-state index < -0.39 is 0 Å². The molecule has 5 nitrogen and oxygen atoms in total. The van der Waals surface area contributed by atoms with E-state index in [9.17, 15) is 0 Å². The van der Waals surface area contributed by atoms with Crippen LogP contribution in [-0.2, 0) is 6.61 Å². The first-order chi connectivity index (χ1) is 9.19. The first-order valence-corrected chi connectivity index (χ1v) is 5.76. The Bertz CT molecular complexity index is 584. The fraction of sp³-hybridized carbons (Fsp3) is 0.143. The molecule has 0 saturated heterocycles. The molecule has 0 amide bonds. The largest absolute Gasteiger partial charge is 0.487 e. The van der Waals surface area contributed by atoms with Gasteiger partial charge in [0.2, 0.25) is 5.88 Å². The summed E-state index contributed by atoms with van der Waals surface area (Å²) in [6, 6.07) is 12.6. The maximum absolute atomic E-state index is 7.37. The van der Waals surface area contributed by atoms with Gasteiger partial charge in [-0.1, -0.05) is 18.2 Å². The standard InChI is InChI=1S/C14H15N3O2/c1-18-13-7-3-5-11(17-13)9-19-12-6-2-4-10(8-12)14(15)16/h2-8H,9H2,1H3,(H3,15,16). The molecule has 0 bridgehead atoms. The van der Waals surface area contributed by atoms with E-state index in [-0.39, 0.29) is 5.84 Å². The summed E-state index contributed by atoms with van der Waals surface area (Å²) in [6.07, 6.45) is 0. The monoisotopic (exact) mass is 257 g/mol. The molecule has 0 saturated carbocycles. The maximum Gasteiger partial charge on any atom is 0.213 e. The minimum absolute atomic E-state index is 0.0185. The molecule has 0 unspecified atom stereocenters. The van der Waals surface area contributed by atoms with Gasteiger partial charge in [0.15, 0.2) is 0 Å². The van der Waals surface area contributed by atoms with Gasteiger partial charge >= 0.3 is 0 Å². The van der Waals surface area contributed by atoms with Crippen molar-refractivity contribution < 1.29 is 9.47 Å². The number of benzene rings is 1. The number of amidine groups is 1. The Morgan fingerprint density at radius 1 is 1.26 bits per heavy atom. The molecule has 1 heterocycles. The van der Waals surface area contributed by atoms with Crippen LogP contribution in [-0.4, -0.2) is 17.9 Å². The third kappa shape index (κ3) is 3.45. The van der Waals surface area contributed by atoms with Crippen LogP contribution in [0.1, 0.15) is 11.3 Å². The lowest BCUT2D eigenvalue weighted by molar-refractivity contribution is 0.298. The highest BCUT2D eigenvalue weighted by Gasteiger charge is 2.02. The van der Waals surface area contributed by atoms with Crippen LogP contribution < -0.4 is 15.2 Å². The van der Waals surface area contributed by atoms with Gasteiger partial charge in [0.25, 0.3) is 0 Å². The van der Waals surface area contributed by atoms with E-state index >= 15 is 0 Å². The minimum Gasteiger partial charge on any atom is -0.487 e. The Morgan fingerprint density at radius 2 is 2.05 bits per heavy atom. The highest BCUT2D eigenvalue weighted by Crippen LogP contribution is 2.15. The zero-order chi connectivity index (χ0) is 13.7. The molecule has 19 heavy (non-hydrogen) atoms. The van der Waals surface area contributed by atoms with Crippen LogP contribution in [0.25, 0.3) is 0 Å². The van der Waals surface area contributed by atoms with Gasteiger partial charge in [-0.25, -0.2) is 4.98 Å². The minimum atomic E-state index is 0.0185. The van der Waals surface area contributed by atoms with Crippen molar-refractivity contribution in [2.45, 2.75) is 6.61 Å². The summed E-state index contributed by atoms with van der Waals surface area (Å²) in [7, 11) is 1.57. The van der Waals surface area contributed by atoms with Gasteiger partial charge < -0.3 is 15.2 Å². The van der Waals surface area contributed by atoms with Crippen molar-refractivity contribution in [3.8, 4) is 11.6 Å². The first-order valence-electron chi connectivity index (χ1n) is 5.76. The number of nitrogens with one attached hydrogen (secondary N) is 1. The van der Waals surface area contributed by atoms with Crippen LogP contribution in [0.2, 0.25) is 0 Å². The fourth-order valence-electron chi connectivity index (χ4n) is 1.56. The number of hydrogen-bond acceptors (Lipinski definition) is 4. The Kier molecular flexibility index (Phi) is 3.97. The topological polar surface area (TPSA) is 81.2 Å². The SMILES string of the molecule is COc1cccc(COc2cccc(C(=N)N)c2)n1. The molecule has 5 heteroatoms. The first kappa shape index (κ1) is 12.9. The van der Waals surface area contributed by atoms with Gasteiger partial charge in [0.05, 0.1) is 12.8 Å². The number of nitrogens with two attached hydrogens (primary N) is 1. The van der Waals surface area contributed by atoms with Crippen LogP contribution in [0.5, 0.6) is 11.6 Å². The Balaban J connectivity index is 2.05. The fourth-order valence-corrected chi connectivity index (χ4v) is 1.56. The van der Waals surface area contributed by atoms with Crippen LogP contribution in [0.15, 0.2) is 42.5 Å². The predicted molar refractivity (Wildman–Crippen MR) is 72.6 cm³/mol. The number of aromatic nitrogens is 1. The Hall–Kier alpha value is -2.56. The van der Waals surface area contributed by atoms with Gasteiger partial charge in [-0.15, -0.1) is 0 Å². The summed E-state index contributed by atoms with van der Waals surface area (Å²) in [5, 5.41) is 7.37. The molecule has 0 aliphatic carbocycles. The molecule has 0 spiro atoms. The summed E-state index contributed by atoms with van der Waals surface area (Å²) in [6.45, 7) is 0.332. The van der Waals surface area contributed by atoms with E-state index in [0.717, 1.165) is 5.69 Å².